The first-order valence-corrected chi connectivity index (χ1v) is 9.78. The largest absolute Gasteiger partial charge is 0.494 e. The Morgan fingerprint density at radius 1 is 1.21 bits per heavy atom. The van der Waals surface area contributed by atoms with Crippen molar-refractivity contribution < 1.29 is 4.74 Å². The van der Waals surface area contributed by atoms with Crippen molar-refractivity contribution in [1.29, 1.82) is 0 Å². The van der Waals surface area contributed by atoms with E-state index in [1.807, 2.05) is 25.1 Å². The summed E-state index contributed by atoms with van der Waals surface area (Å²) in [6.45, 7) is 7.02. The third-order valence-corrected chi connectivity index (χ3v) is 5.61. The predicted molar refractivity (Wildman–Crippen MR) is 110 cm³/mol. The molecule has 0 radical (unpaired) electrons. The first-order chi connectivity index (χ1) is 14.0. The van der Waals surface area contributed by atoms with Crippen LogP contribution in [0.4, 0.5) is 5.95 Å². The fraction of sp³-hybridized carbons (Fsp3) is 0.400. The highest BCUT2D eigenvalue weighted by Crippen LogP contribution is 2.27. The number of hydrogen-bond acceptors (Lipinski definition) is 7. The molecular formula is C20H24N8O. The lowest BCUT2D eigenvalue weighted by Crippen LogP contribution is -2.41. The number of rotatable bonds is 4. The molecule has 4 heterocycles. The van der Waals surface area contributed by atoms with E-state index >= 15 is 0 Å². The maximum atomic E-state index is 6.16. The van der Waals surface area contributed by atoms with Gasteiger partial charge in [-0.1, -0.05) is 6.07 Å². The molecule has 0 spiro atoms. The molecule has 5 rings (SSSR count). The van der Waals surface area contributed by atoms with Gasteiger partial charge in [-0.05, 0) is 32.0 Å². The molecule has 4 aromatic rings. The number of hydrogen-bond donors (Lipinski definition) is 1. The first-order valence-electron chi connectivity index (χ1n) is 9.78. The van der Waals surface area contributed by atoms with Crippen LogP contribution >= 0.6 is 0 Å². The van der Waals surface area contributed by atoms with Gasteiger partial charge in [0.2, 0.25) is 5.95 Å². The third kappa shape index (κ3) is 2.98. The number of methoxy groups -OCH3 is 1. The van der Waals surface area contributed by atoms with Gasteiger partial charge in [0.05, 0.1) is 25.0 Å². The summed E-state index contributed by atoms with van der Waals surface area (Å²) < 4.78 is 9.15. The molecule has 0 unspecified atom stereocenters. The van der Waals surface area contributed by atoms with Crippen LogP contribution in [0.3, 0.4) is 0 Å². The third-order valence-electron chi connectivity index (χ3n) is 5.61. The lowest BCUT2D eigenvalue weighted by molar-refractivity contribution is 0.158. The Morgan fingerprint density at radius 3 is 2.90 bits per heavy atom. The van der Waals surface area contributed by atoms with Crippen LogP contribution in [0.2, 0.25) is 0 Å². The zero-order chi connectivity index (χ0) is 20.1. The SMILES string of the molecule is COc1cccc2c1nc(N)n1nc(C[C@@H](C)N3CCn4nc(C)cc4C3)nc21. The Hall–Kier alpha value is -3.20. The molecule has 9 heteroatoms. The second kappa shape index (κ2) is 6.70. The van der Waals surface area contributed by atoms with E-state index in [0.717, 1.165) is 43.0 Å². The maximum absolute atomic E-state index is 6.16. The number of ether oxygens (including phenoxy) is 1. The number of benzene rings is 1. The molecule has 2 N–H and O–H groups in total. The topological polar surface area (TPSA) is 99.4 Å². The number of anilines is 1. The number of para-hydroxylation sites is 1. The summed E-state index contributed by atoms with van der Waals surface area (Å²) in [5.41, 5.74) is 9.90. The van der Waals surface area contributed by atoms with Crippen molar-refractivity contribution in [1.82, 2.24) is 34.3 Å². The fourth-order valence-electron chi connectivity index (χ4n) is 4.12. The van der Waals surface area contributed by atoms with Gasteiger partial charge in [0.1, 0.15) is 11.3 Å². The zero-order valence-corrected chi connectivity index (χ0v) is 16.8. The Balaban J connectivity index is 1.45. The van der Waals surface area contributed by atoms with Crippen molar-refractivity contribution in [2.24, 2.45) is 0 Å². The van der Waals surface area contributed by atoms with Gasteiger partial charge in [-0.15, -0.1) is 5.10 Å². The molecule has 3 aromatic heterocycles. The van der Waals surface area contributed by atoms with Gasteiger partial charge < -0.3 is 10.5 Å². The van der Waals surface area contributed by atoms with Crippen molar-refractivity contribution in [2.45, 2.75) is 39.4 Å². The Bertz CT molecular complexity index is 1210. The van der Waals surface area contributed by atoms with Crippen LogP contribution in [0, 0.1) is 6.92 Å². The molecule has 0 saturated carbocycles. The van der Waals surface area contributed by atoms with Crippen molar-refractivity contribution >= 4 is 22.5 Å². The molecule has 0 saturated heterocycles. The average Bonchev–Trinajstić information content (AvgIpc) is 3.30. The van der Waals surface area contributed by atoms with Gasteiger partial charge in [-0.25, -0.2) is 9.97 Å². The first kappa shape index (κ1) is 17.9. The second-order valence-corrected chi connectivity index (χ2v) is 7.61. The molecule has 150 valence electrons. The predicted octanol–water partition coefficient (Wildman–Crippen LogP) is 1.82. The Morgan fingerprint density at radius 2 is 2.07 bits per heavy atom. The van der Waals surface area contributed by atoms with E-state index in [2.05, 4.69) is 37.8 Å². The number of nitrogen functional groups attached to an aromatic ring is 1. The minimum absolute atomic E-state index is 0.298. The fourth-order valence-corrected chi connectivity index (χ4v) is 4.12. The number of aryl methyl sites for hydroxylation is 1. The highest BCUT2D eigenvalue weighted by Gasteiger charge is 2.23. The van der Waals surface area contributed by atoms with Gasteiger partial charge in [0.15, 0.2) is 11.5 Å². The van der Waals surface area contributed by atoms with Crippen molar-refractivity contribution in [3.63, 3.8) is 0 Å². The van der Waals surface area contributed by atoms with Crippen molar-refractivity contribution in [2.75, 3.05) is 19.4 Å². The van der Waals surface area contributed by atoms with Crippen LogP contribution in [0.5, 0.6) is 5.75 Å². The van der Waals surface area contributed by atoms with E-state index in [1.54, 1.807) is 11.6 Å². The highest BCUT2D eigenvalue weighted by atomic mass is 16.5. The lowest BCUT2D eigenvalue weighted by Gasteiger charge is -2.32. The summed E-state index contributed by atoms with van der Waals surface area (Å²) >= 11 is 0. The van der Waals surface area contributed by atoms with Crippen LogP contribution in [0.25, 0.3) is 16.6 Å². The lowest BCUT2D eigenvalue weighted by atomic mass is 10.1. The minimum Gasteiger partial charge on any atom is -0.494 e. The van der Waals surface area contributed by atoms with Crippen LogP contribution in [0.1, 0.15) is 24.1 Å². The van der Waals surface area contributed by atoms with E-state index in [4.69, 9.17) is 15.5 Å². The quantitative estimate of drug-likeness (QED) is 0.565. The number of nitrogens with two attached hydrogens (primary N) is 1. The van der Waals surface area contributed by atoms with Crippen LogP contribution < -0.4 is 10.5 Å². The van der Waals surface area contributed by atoms with Gasteiger partial charge in [0.25, 0.3) is 0 Å². The van der Waals surface area contributed by atoms with E-state index in [1.165, 1.54) is 5.69 Å². The molecule has 1 aliphatic heterocycles. The van der Waals surface area contributed by atoms with Gasteiger partial charge in [-0.2, -0.15) is 9.61 Å². The summed E-state index contributed by atoms with van der Waals surface area (Å²) in [6.07, 6.45) is 0.736. The van der Waals surface area contributed by atoms with Gasteiger partial charge in [0, 0.05) is 30.9 Å². The molecular weight excluding hydrogens is 368 g/mol. The minimum atomic E-state index is 0.298. The Labute approximate surface area is 168 Å². The van der Waals surface area contributed by atoms with E-state index in [0.29, 0.717) is 28.9 Å². The van der Waals surface area contributed by atoms with E-state index in [-0.39, 0.29) is 0 Å². The molecule has 9 nitrogen and oxygen atoms in total. The molecule has 1 aromatic carbocycles. The Kier molecular flexibility index (Phi) is 4.13. The molecule has 0 fully saturated rings. The second-order valence-electron chi connectivity index (χ2n) is 7.61. The normalized spacial score (nSPS) is 15.7. The summed E-state index contributed by atoms with van der Waals surface area (Å²) in [7, 11) is 1.62. The molecule has 29 heavy (non-hydrogen) atoms. The van der Waals surface area contributed by atoms with Gasteiger partial charge >= 0.3 is 0 Å². The average molecular weight is 392 g/mol. The number of aromatic nitrogens is 6. The molecule has 1 atom stereocenters. The monoisotopic (exact) mass is 392 g/mol. The van der Waals surface area contributed by atoms with Crippen LogP contribution in [-0.2, 0) is 19.5 Å². The maximum Gasteiger partial charge on any atom is 0.223 e. The summed E-state index contributed by atoms with van der Waals surface area (Å²) in [5, 5.41) is 10.1. The smallest absolute Gasteiger partial charge is 0.223 e. The summed E-state index contributed by atoms with van der Waals surface area (Å²) in [5.74, 6) is 1.74. The van der Waals surface area contributed by atoms with Crippen LogP contribution in [0.15, 0.2) is 24.3 Å². The number of nitrogens with zero attached hydrogens (tertiary/aromatic N) is 7. The van der Waals surface area contributed by atoms with Crippen molar-refractivity contribution in [3.8, 4) is 5.75 Å². The van der Waals surface area contributed by atoms with Gasteiger partial charge in [-0.3, -0.25) is 9.58 Å². The van der Waals surface area contributed by atoms with E-state index in [9.17, 15) is 0 Å². The van der Waals surface area contributed by atoms with Crippen molar-refractivity contribution in [3.05, 3.63) is 41.5 Å². The molecule has 0 bridgehead atoms. The highest BCUT2D eigenvalue weighted by molar-refractivity contribution is 5.95. The molecule has 0 amide bonds. The summed E-state index contributed by atoms with van der Waals surface area (Å²) in [4.78, 5) is 11.7. The number of fused-ring (bicyclic) bond motifs is 4. The standard InChI is InChI=1S/C20H24N8O/c1-12-9-14-11-26(7-8-27(14)24-12)13(2)10-17-22-19-15-5-4-6-16(29-3)18(15)23-20(21)28(19)25-17/h4-6,9,13H,7-8,10-11H2,1-3H3,(H2,21,23)/t13-/m1/s1. The molecule has 1 aliphatic rings. The van der Waals surface area contributed by atoms with E-state index < -0.39 is 0 Å². The molecule has 0 aliphatic carbocycles. The summed E-state index contributed by atoms with van der Waals surface area (Å²) in [6, 6.07) is 8.22. The zero-order valence-electron chi connectivity index (χ0n) is 16.8. The van der Waals surface area contributed by atoms with Crippen LogP contribution in [-0.4, -0.2) is 54.0 Å².